The molecule has 0 bridgehead atoms. The lowest BCUT2D eigenvalue weighted by molar-refractivity contribution is -0.146. The van der Waals surface area contributed by atoms with Gasteiger partial charge in [-0.25, -0.2) is 0 Å². The summed E-state index contributed by atoms with van der Waals surface area (Å²) in [6.07, 6.45) is 3.94. The number of benzene rings is 2. The number of likely N-dealkylation sites (tertiary alicyclic amines) is 1. The Hall–Kier alpha value is -1.61. The number of halogens is 6. The molecule has 220 valence electrons. The second-order valence-corrected chi connectivity index (χ2v) is 13.4. The molecule has 11 heteroatoms. The normalized spacial score (nSPS) is 18.1. The fourth-order valence-corrected chi connectivity index (χ4v) is 7.17. The zero-order valence-corrected chi connectivity index (χ0v) is 25.8. The monoisotopic (exact) mass is 636 g/mol. The summed E-state index contributed by atoms with van der Waals surface area (Å²) >= 11 is 19.4. The first-order valence-electron chi connectivity index (χ1n) is 13.1. The van der Waals surface area contributed by atoms with Crippen LogP contribution in [0.3, 0.4) is 0 Å². The summed E-state index contributed by atoms with van der Waals surface area (Å²) in [5.74, 6) is -1.62. The second-order valence-electron chi connectivity index (χ2n) is 10.8. The molecule has 4 nitrogen and oxygen atoms in total. The zero-order chi connectivity index (χ0) is 29.7. The van der Waals surface area contributed by atoms with E-state index in [0.29, 0.717) is 21.3 Å². The number of thioether (sulfide) groups is 1. The van der Waals surface area contributed by atoms with Crippen molar-refractivity contribution in [3.63, 3.8) is 0 Å². The van der Waals surface area contributed by atoms with Crippen LogP contribution in [0.25, 0.3) is 0 Å². The highest BCUT2D eigenvalue weighted by Crippen LogP contribution is 2.48. The summed E-state index contributed by atoms with van der Waals surface area (Å²) in [5.41, 5.74) is 1.09. The van der Waals surface area contributed by atoms with Crippen LogP contribution in [0.2, 0.25) is 15.1 Å². The quantitative estimate of drug-likeness (QED) is 0.307. The number of piperidine rings is 1. The van der Waals surface area contributed by atoms with Crippen LogP contribution in [0.5, 0.6) is 0 Å². The Labute approximate surface area is 253 Å². The van der Waals surface area contributed by atoms with Crippen molar-refractivity contribution in [2.45, 2.75) is 67.7 Å². The third-order valence-corrected chi connectivity index (χ3v) is 9.84. The molecule has 0 radical (unpaired) electrons. The molecule has 1 unspecified atom stereocenters. The van der Waals surface area contributed by atoms with E-state index in [1.54, 1.807) is 19.0 Å². The van der Waals surface area contributed by atoms with Crippen molar-refractivity contribution >= 4 is 58.9 Å². The standard InChI is InChI=1S/C20H27ClN2O2S.C9H7Cl2F3/c1-22(2)19(25)17-4-3-16(13-18(17)21)26-15-5-7-20(8-6-15)9-11-23(14-24)12-10-20;1-5(9(12,13)14)6-2-7(10)4-8(11)3-6/h3-4,13-15H,5-12H2,1-2H3;2-5H,1H3. The number of hydrogen-bond donors (Lipinski definition) is 0. The van der Waals surface area contributed by atoms with Gasteiger partial charge >= 0.3 is 6.18 Å². The van der Waals surface area contributed by atoms with Gasteiger partial charge in [0.1, 0.15) is 0 Å². The summed E-state index contributed by atoms with van der Waals surface area (Å²) in [5, 5.41) is 1.56. The smallest absolute Gasteiger partial charge is 0.345 e. The third-order valence-electron chi connectivity index (χ3n) is 7.76. The highest BCUT2D eigenvalue weighted by Gasteiger charge is 2.38. The molecular formula is C29H34Cl3F3N2O2S. The van der Waals surface area contributed by atoms with Crippen molar-refractivity contribution < 1.29 is 22.8 Å². The predicted molar refractivity (Wildman–Crippen MR) is 158 cm³/mol. The van der Waals surface area contributed by atoms with E-state index in [0.717, 1.165) is 44.2 Å². The van der Waals surface area contributed by atoms with Crippen LogP contribution in [0.15, 0.2) is 41.3 Å². The van der Waals surface area contributed by atoms with Crippen LogP contribution >= 0.6 is 46.6 Å². The van der Waals surface area contributed by atoms with Gasteiger partial charge in [-0.05, 0) is 92.8 Å². The van der Waals surface area contributed by atoms with Gasteiger partial charge in [-0.3, -0.25) is 9.59 Å². The van der Waals surface area contributed by atoms with Gasteiger partial charge in [0, 0.05) is 47.4 Å². The lowest BCUT2D eigenvalue weighted by Crippen LogP contribution is -2.41. The van der Waals surface area contributed by atoms with E-state index in [1.165, 1.54) is 43.9 Å². The van der Waals surface area contributed by atoms with Crippen LogP contribution in [-0.4, -0.2) is 60.7 Å². The first-order valence-corrected chi connectivity index (χ1v) is 15.1. The van der Waals surface area contributed by atoms with Gasteiger partial charge in [-0.2, -0.15) is 13.2 Å². The van der Waals surface area contributed by atoms with E-state index in [4.69, 9.17) is 34.8 Å². The average Bonchev–Trinajstić information content (AvgIpc) is 2.89. The molecule has 2 aromatic carbocycles. The Morgan fingerprint density at radius 1 is 1.02 bits per heavy atom. The van der Waals surface area contributed by atoms with Crippen LogP contribution in [-0.2, 0) is 4.79 Å². The van der Waals surface area contributed by atoms with E-state index < -0.39 is 12.1 Å². The molecule has 2 amide bonds. The largest absolute Gasteiger partial charge is 0.395 e. The van der Waals surface area contributed by atoms with E-state index in [2.05, 4.69) is 0 Å². The molecule has 0 aromatic heterocycles. The molecule has 1 spiro atoms. The summed E-state index contributed by atoms with van der Waals surface area (Å²) in [6, 6.07) is 9.72. The third kappa shape index (κ3) is 8.94. The minimum absolute atomic E-state index is 0.0622. The van der Waals surface area contributed by atoms with Crippen molar-refractivity contribution in [1.29, 1.82) is 0 Å². The summed E-state index contributed by atoms with van der Waals surface area (Å²) in [6.45, 7) is 2.90. The summed E-state index contributed by atoms with van der Waals surface area (Å²) < 4.78 is 36.9. The van der Waals surface area contributed by atoms with Gasteiger partial charge < -0.3 is 9.80 Å². The number of nitrogens with zero attached hydrogens (tertiary/aromatic N) is 2. The molecule has 4 rings (SSSR count). The van der Waals surface area contributed by atoms with Gasteiger partial charge in [-0.15, -0.1) is 11.8 Å². The second kappa shape index (κ2) is 14.0. The zero-order valence-electron chi connectivity index (χ0n) is 22.7. The number of hydrogen-bond acceptors (Lipinski definition) is 3. The van der Waals surface area contributed by atoms with Crippen molar-refractivity contribution in [3.8, 4) is 0 Å². The summed E-state index contributed by atoms with van der Waals surface area (Å²) in [4.78, 5) is 27.6. The van der Waals surface area contributed by atoms with E-state index in [9.17, 15) is 22.8 Å². The van der Waals surface area contributed by atoms with Gasteiger partial charge in [0.25, 0.3) is 5.91 Å². The molecule has 1 aliphatic heterocycles. The lowest BCUT2D eigenvalue weighted by atomic mass is 9.68. The van der Waals surface area contributed by atoms with E-state index in [-0.39, 0.29) is 21.5 Å². The Morgan fingerprint density at radius 3 is 2.08 bits per heavy atom. The topological polar surface area (TPSA) is 40.6 Å². The number of rotatable bonds is 5. The predicted octanol–water partition coefficient (Wildman–Crippen LogP) is 8.97. The van der Waals surface area contributed by atoms with Crippen molar-refractivity contribution in [1.82, 2.24) is 9.80 Å². The molecule has 1 heterocycles. The maximum atomic E-state index is 12.3. The molecule has 2 aromatic rings. The minimum Gasteiger partial charge on any atom is -0.345 e. The van der Waals surface area contributed by atoms with Crippen LogP contribution in [0, 0.1) is 5.41 Å². The van der Waals surface area contributed by atoms with E-state index >= 15 is 0 Å². The minimum atomic E-state index is -4.27. The van der Waals surface area contributed by atoms with Gasteiger partial charge in [-0.1, -0.05) is 34.8 Å². The molecule has 40 heavy (non-hydrogen) atoms. The molecular weight excluding hydrogens is 604 g/mol. The van der Waals surface area contributed by atoms with Crippen LogP contribution in [0.1, 0.15) is 67.3 Å². The molecule has 1 atom stereocenters. The Bertz CT molecular complexity index is 1160. The van der Waals surface area contributed by atoms with E-state index in [1.807, 2.05) is 34.9 Å². The molecule has 1 saturated heterocycles. The first-order chi connectivity index (χ1) is 18.7. The molecule has 1 saturated carbocycles. The van der Waals surface area contributed by atoms with Crippen LogP contribution < -0.4 is 0 Å². The van der Waals surface area contributed by atoms with Crippen LogP contribution in [0.4, 0.5) is 13.2 Å². The Morgan fingerprint density at radius 2 is 1.60 bits per heavy atom. The Kier molecular flexibility index (Phi) is 11.5. The highest BCUT2D eigenvalue weighted by atomic mass is 35.5. The SMILES string of the molecule is CC(c1cc(Cl)cc(Cl)c1)C(F)(F)F.CN(C)C(=O)c1ccc(SC2CCC3(CC2)CCN(C=O)CC3)cc1Cl. The number of carbonyl (C=O) groups is 2. The molecule has 2 fully saturated rings. The highest BCUT2D eigenvalue weighted by molar-refractivity contribution is 8.00. The lowest BCUT2D eigenvalue weighted by Gasteiger charge is -2.45. The molecule has 1 aliphatic carbocycles. The van der Waals surface area contributed by atoms with Gasteiger partial charge in [0.2, 0.25) is 6.41 Å². The average molecular weight is 638 g/mol. The van der Waals surface area contributed by atoms with Crippen molar-refractivity contribution in [2.75, 3.05) is 27.2 Å². The number of carbonyl (C=O) groups excluding carboxylic acids is 2. The summed E-state index contributed by atoms with van der Waals surface area (Å²) in [7, 11) is 3.47. The Balaban J connectivity index is 0.000000267. The van der Waals surface area contributed by atoms with Crippen molar-refractivity contribution in [2.24, 2.45) is 5.41 Å². The van der Waals surface area contributed by atoms with Gasteiger partial charge in [0.05, 0.1) is 16.5 Å². The maximum Gasteiger partial charge on any atom is 0.395 e. The first kappa shape index (κ1) is 32.9. The number of amides is 2. The van der Waals surface area contributed by atoms with Crippen molar-refractivity contribution in [3.05, 3.63) is 62.6 Å². The molecule has 0 N–H and O–H groups in total. The molecule has 2 aliphatic rings. The van der Waals surface area contributed by atoms with Gasteiger partial charge in [0.15, 0.2) is 0 Å². The fourth-order valence-electron chi connectivity index (χ4n) is 5.12. The fraction of sp³-hybridized carbons (Fsp3) is 0.517. The number of alkyl halides is 3. The maximum absolute atomic E-state index is 12.3.